The van der Waals surface area contributed by atoms with Crippen molar-refractivity contribution in [3.05, 3.63) is 56.5 Å². The Hall–Kier alpha value is -2.34. The van der Waals surface area contributed by atoms with Gasteiger partial charge in [0.15, 0.2) is 0 Å². The highest BCUT2D eigenvalue weighted by molar-refractivity contribution is 7.07. The zero-order valence-corrected chi connectivity index (χ0v) is 12.6. The molecule has 2 N–H and O–H groups in total. The molecule has 0 bridgehead atoms. The van der Waals surface area contributed by atoms with Gasteiger partial charge >= 0.3 is 0 Å². The second-order valence-corrected chi connectivity index (χ2v) is 5.60. The topological polar surface area (TPSA) is 70.9 Å². The van der Waals surface area contributed by atoms with Crippen LogP contribution in [0.2, 0.25) is 0 Å². The Morgan fingerprint density at radius 2 is 2.29 bits per heavy atom. The SMILES string of the molecule is Cc1noc(C)c1-c1c[nH]c(=O)c(NCc2ccsc2)c1. The van der Waals surface area contributed by atoms with Crippen LogP contribution in [0.25, 0.3) is 11.1 Å². The van der Waals surface area contributed by atoms with Crippen LogP contribution in [0.1, 0.15) is 17.0 Å². The fourth-order valence-electron chi connectivity index (χ4n) is 2.25. The molecule has 0 radical (unpaired) electrons. The van der Waals surface area contributed by atoms with E-state index in [-0.39, 0.29) is 5.56 Å². The maximum absolute atomic E-state index is 11.9. The number of aromatic amines is 1. The van der Waals surface area contributed by atoms with Gasteiger partial charge in [-0.15, -0.1) is 0 Å². The molecule has 0 amide bonds. The number of thiophene rings is 1. The van der Waals surface area contributed by atoms with Crippen molar-refractivity contribution >= 4 is 17.0 Å². The fraction of sp³-hybridized carbons (Fsp3) is 0.200. The first kappa shape index (κ1) is 13.6. The molecule has 3 aromatic heterocycles. The number of anilines is 1. The van der Waals surface area contributed by atoms with Crippen molar-refractivity contribution in [2.24, 2.45) is 0 Å². The fourth-order valence-corrected chi connectivity index (χ4v) is 2.91. The number of pyridine rings is 1. The van der Waals surface area contributed by atoms with Crippen LogP contribution < -0.4 is 10.9 Å². The average molecular weight is 301 g/mol. The predicted octanol–water partition coefficient (Wildman–Crippen LogP) is 3.32. The normalized spacial score (nSPS) is 10.8. The first-order valence-electron chi connectivity index (χ1n) is 6.56. The van der Waals surface area contributed by atoms with Crippen LogP contribution in [0.4, 0.5) is 5.69 Å². The average Bonchev–Trinajstić information content (AvgIpc) is 3.09. The van der Waals surface area contributed by atoms with Crippen molar-refractivity contribution in [1.29, 1.82) is 0 Å². The smallest absolute Gasteiger partial charge is 0.271 e. The molecule has 0 unspecified atom stereocenters. The number of aromatic nitrogens is 2. The maximum atomic E-state index is 11.9. The Morgan fingerprint density at radius 1 is 1.43 bits per heavy atom. The Morgan fingerprint density at radius 3 is 2.95 bits per heavy atom. The molecule has 0 fully saturated rings. The summed E-state index contributed by atoms with van der Waals surface area (Å²) in [6.07, 6.45) is 1.69. The molecule has 0 saturated heterocycles. The molecule has 0 aliphatic rings. The number of hydrogen-bond acceptors (Lipinski definition) is 5. The van der Waals surface area contributed by atoms with E-state index in [1.54, 1.807) is 17.5 Å². The highest BCUT2D eigenvalue weighted by Crippen LogP contribution is 2.27. The lowest BCUT2D eigenvalue weighted by Crippen LogP contribution is -2.13. The molecule has 0 aromatic carbocycles. The van der Waals surface area contributed by atoms with Crippen molar-refractivity contribution in [2.75, 3.05) is 5.32 Å². The van der Waals surface area contributed by atoms with Gasteiger partial charge in [-0.05, 0) is 42.3 Å². The first-order valence-corrected chi connectivity index (χ1v) is 7.50. The highest BCUT2D eigenvalue weighted by Gasteiger charge is 2.13. The third-order valence-electron chi connectivity index (χ3n) is 3.29. The number of hydrogen-bond donors (Lipinski definition) is 2. The van der Waals surface area contributed by atoms with Gasteiger partial charge in [0, 0.05) is 23.9 Å². The minimum absolute atomic E-state index is 0.138. The molecule has 0 aliphatic heterocycles. The lowest BCUT2D eigenvalue weighted by atomic mass is 10.1. The first-order chi connectivity index (χ1) is 10.1. The van der Waals surface area contributed by atoms with E-state index in [0.717, 1.165) is 28.1 Å². The minimum Gasteiger partial charge on any atom is -0.376 e. The molecule has 21 heavy (non-hydrogen) atoms. The van der Waals surface area contributed by atoms with Crippen molar-refractivity contribution in [3.8, 4) is 11.1 Å². The van der Waals surface area contributed by atoms with E-state index < -0.39 is 0 Å². The van der Waals surface area contributed by atoms with E-state index in [9.17, 15) is 4.79 Å². The summed E-state index contributed by atoms with van der Waals surface area (Å²) in [5.41, 5.74) is 4.17. The maximum Gasteiger partial charge on any atom is 0.271 e. The van der Waals surface area contributed by atoms with Crippen LogP contribution in [-0.4, -0.2) is 10.1 Å². The number of nitrogens with one attached hydrogen (secondary N) is 2. The molecule has 6 heteroatoms. The summed E-state index contributed by atoms with van der Waals surface area (Å²) in [4.78, 5) is 14.7. The summed E-state index contributed by atoms with van der Waals surface area (Å²) in [6, 6.07) is 3.86. The molecular formula is C15H15N3O2S. The molecule has 3 rings (SSSR count). The Bertz CT molecular complexity index is 783. The number of aryl methyl sites for hydroxylation is 2. The molecule has 0 spiro atoms. The van der Waals surface area contributed by atoms with E-state index in [1.165, 1.54) is 0 Å². The Balaban J connectivity index is 1.91. The lowest BCUT2D eigenvalue weighted by molar-refractivity contribution is 0.393. The predicted molar refractivity (Wildman–Crippen MR) is 83.7 cm³/mol. The van der Waals surface area contributed by atoms with E-state index in [2.05, 4.69) is 20.8 Å². The second-order valence-electron chi connectivity index (χ2n) is 4.82. The van der Waals surface area contributed by atoms with Gasteiger partial charge in [-0.2, -0.15) is 11.3 Å². The zero-order chi connectivity index (χ0) is 14.8. The molecule has 3 aromatic rings. The number of rotatable bonds is 4. The number of nitrogens with zero attached hydrogens (tertiary/aromatic N) is 1. The molecule has 0 aliphatic carbocycles. The van der Waals surface area contributed by atoms with Gasteiger partial charge in [0.05, 0.1) is 5.69 Å². The summed E-state index contributed by atoms with van der Waals surface area (Å²) >= 11 is 1.64. The van der Waals surface area contributed by atoms with E-state index in [1.807, 2.05) is 31.4 Å². The van der Waals surface area contributed by atoms with E-state index in [4.69, 9.17) is 4.52 Å². The largest absolute Gasteiger partial charge is 0.376 e. The standard InChI is InChI=1S/C15H15N3O2S/c1-9-14(10(2)20-18-9)12-5-13(15(19)17-7-12)16-6-11-3-4-21-8-11/h3-5,7-8,16H,6H2,1-2H3,(H,17,19). The quantitative estimate of drug-likeness (QED) is 0.775. The van der Waals surface area contributed by atoms with Crippen molar-refractivity contribution in [3.63, 3.8) is 0 Å². The van der Waals surface area contributed by atoms with E-state index in [0.29, 0.717) is 12.2 Å². The van der Waals surface area contributed by atoms with Gasteiger partial charge < -0.3 is 14.8 Å². The van der Waals surface area contributed by atoms with Crippen molar-refractivity contribution < 1.29 is 4.52 Å². The zero-order valence-electron chi connectivity index (χ0n) is 11.8. The monoisotopic (exact) mass is 301 g/mol. The summed E-state index contributed by atoms with van der Waals surface area (Å²) in [5.74, 6) is 0.739. The summed E-state index contributed by atoms with van der Waals surface area (Å²) in [5, 5.41) is 11.2. The third kappa shape index (κ3) is 2.75. The van der Waals surface area contributed by atoms with Crippen LogP contribution in [0, 0.1) is 13.8 Å². The summed E-state index contributed by atoms with van der Waals surface area (Å²) in [6.45, 7) is 4.37. The second kappa shape index (κ2) is 5.57. The van der Waals surface area contributed by atoms with Gasteiger partial charge in [-0.25, -0.2) is 0 Å². The Kier molecular flexibility index (Phi) is 3.62. The van der Waals surface area contributed by atoms with Crippen LogP contribution in [0.15, 0.2) is 38.4 Å². The molecular weight excluding hydrogens is 286 g/mol. The van der Waals surface area contributed by atoms with Gasteiger partial charge in [0.25, 0.3) is 5.56 Å². The van der Waals surface area contributed by atoms with Gasteiger partial charge in [0.2, 0.25) is 0 Å². The van der Waals surface area contributed by atoms with Crippen molar-refractivity contribution in [2.45, 2.75) is 20.4 Å². The summed E-state index contributed by atoms with van der Waals surface area (Å²) in [7, 11) is 0. The molecule has 0 atom stereocenters. The van der Waals surface area contributed by atoms with E-state index >= 15 is 0 Å². The van der Waals surface area contributed by atoms with Gasteiger partial charge in [-0.1, -0.05) is 5.16 Å². The minimum atomic E-state index is -0.138. The van der Waals surface area contributed by atoms with Gasteiger partial charge in [-0.3, -0.25) is 4.79 Å². The van der Waals surface area contributed by atoms with Crippen LogP contribution >= 0.6 is 11.3 Å². The third-order valence-corrected chi connectivity index (χ3v) is 4.02. The Labute approximate surface area is 125 Å². The van der Waals surface area contributed by atoms with Gasteiger partial charge in [0.1, 0.15) is 11.4 Å². The molecule has 3 heterocycles. The molecule has 0 saturated carbocycles. The van der Waals surface area contributed by atoms with Crippen LogP contribution in [0.5, 0.6) is 0 Å². The number of H-pyrrole nitrogens is 1. The molecule has 5 nitrogen and oxygen atoms in total. The molecule has 108 valence electrons. The highest BCUT2D eigenvalue weighted by atomic mass is 32.1. The summed E-state index contributed by atoms with van der Waals surface area (Å²) < 4.78 is 5.18. The van der Waals surface area contributed by atoms with Crippen molar-refractivity contribution in [1.82, 2.24) is 10.1 Å². The lowest BCUT2D eigenvalue weighted by Gasteiger charge is -2.06. The van der Waals surface area contributed by atoms with Crippen LogP contribution in [-0.2, 0) is 6.54 Å². The van der Waals surface area contributed by atoms with Crippen LogP contribution in [0.3, 0.4) is 0 Å².